The first-order chi connectivity index (χ1) is 7.66. The van der Waals surface area contributed by atoms with Crippen LogP contribution in [0.5, 0.6) is 0 Å². The number of likely N-dealkylation sites (N-methyl/N-ethyl adjacent to an activating group) is 1. The minimum Gasteiger partial charge on any atom is -0.380 e. The number of likely N-dealkylation sites (tertiary alicyclic amines) is 1. The lowest BCUT2D eigenvalue weighted by Crippen LogP contribution is -2.39. The number of piperidine rings is 1. The van der Waals surface area contributed by atoms with E-state index in [1.54, 1.807) is 0 Å². The van der Waals surface area contributed by atoms with Gasteiger partial charge in [-0.15, -0.1) is 0 Å². The summed E-state index contributed by atoms with van der Waals surface area (Å²) in [6.07, 6.45) is 2.42. The highest BCUT2D eigenvalue weighted by atomic mass is 35.5. The molecule has 0 bridgehead atoms. The maximum atomic E-state index is 6.14. The fraction of sp³-hybridized carbons (Fsp3) is 0.500. The molecule has 2 nitrogen and oxygen atoms in total. The second kappa shape index (κ2) is 5.26. The van der Waals surface area contributed by atoms with Crippen LogP contribution >= 0.6 is 23.2 Å². The van der Waals surface area contributed by atoms with E-state index in [-0.39, 0.29) is 0 Å². The molecule has 4 heteroatoms. The first-order valence-electron chi connectivity index (χ1n) is 5.56. The van der Waals surface area contributed by atoms with E-state index in [0.717, 1.165) is 12.2 Å². The zero-order valence-corrected chi connectivity index (χ0v) is 10.9. The van der Waals surface area contributed by atoms with Crippen LogP contribution in [0.1, 0.15) is 12.8 Å². The number of halogens is 2. The molecule has 0 amide bonds. The monoisotopic (exact) mass is 258 g/mol. The van der Waals surface area contributed by atoms with Gasteiger partial charge in [0.2, 0.25) is 0 Å². The van der Waals surface area contributed by atoms with Crippen LogP contribution in [-0.4, -0.2) is 31.1 Å². The fourth-order valence-electron chi connectivity index (χ4n) is 2.12. The van der Waals surface area contributed by atoms with E-state index in [2.05, 4.69) is 17.3 Å². The SMILES string of the molecule is CN1CCCC(Nc2cccc(Cl)c2Cl)C1. The molecule has 1 atom stereocenters. The zero-order chi connectivity index (χ0) is 11.5. The van der Waals surface area contributed by atoms with Crippen molar-refractivity contribution in [3.05, 3.63) is 28.2 Å². The van der Waals surface area contributed by atoms with E-state index in [1.165, 1.54) is 19.4 Å². The van der Waals surface area contributed by atoms with Crippen molar-refractivity contribution in [2.24, 2.45) is 0 Å². The smallest absolute Gasteiger partial charge is 0.0823 e. The summed E-state index contributed by atoms with van der Waals surface area (Å²) in [6, 6.07) is 6.17. The van der Waals surface area contributed by atoms with Gasteiger partial charge in [0.25, 0.3) is 0 Å². The van der Waals surface area contributed by atoms with E-state index < -0.39 is 0 Å². The minimum absolute atomic E-state index is 0.467. The lowest BCUT2D eigenvalue weighted by atomic mass is 10.1. The van der Waals surface area contributed by atoms with Crippen molar-refractivity contribution in [2.75, 3.05) is 25.5 Å². The molecule has 0 radical (unpaired) electrons. The third-order valence-corrected chi connectivity index (χ3v) is 3.75. The van der Waals surface area contributed by atoms with Gasteiger partial charge in [-0.25, -0.2) is 0 Å². The highest BCUT2D eigenvalue weighted by Crippen LogP contribution is 2.30. The Balaban J connectivity index is 2.05. The molecular formula is C12H16Cl2N2. The molecule has 0 spiro atoms. The summed E-state index contributed by atoms with van der Waals surface area (Å²) in [5, 5.41) is 4.69. The van der Waals surface area contributed by atoms with Crippen LogP contribution in [0.3, 0.4) is 0 Å². The second-order valence-corrected chi connectivity index (χ2v) is 5.13. The van der Waals surface area contributed by atoms with Crippen LogP contribution in [-0.2, 0) is 0 Å². The van der Waals surface area contributed by atoms with E-state index in [9.17, 15) is 0 Å². The summed E-state index contributed by atoms with van der Waals surface area (Å²) in [7, 11) is 2.15. The lowest BCUT2D eigenvalue weighted by molar-refractivity contribution is 0.261. The third-order valence-electron chi connectivity index (χ3n) is 2.94. The Hall–Kier alpha value is -0.440. The number of hydrogen-bond donors (Lipinski definition) is 1. The lowest BCUT2D eigenvalue weighted by Gasteiger charge is -2.31. The normalized spacial score (nSPS) is 22.1. The molecular weight excluding hydrogens is 243 g/mol. The summed E-state index contributed by atoms with van der Waals surface area (Å²) in [5.74, 6) is 0. The van der Waals surface area contributed by atoms with Crippen molar-refractivity contribution in [2.45, 2.75) is 18.9 Å². The zero-order valence-electron chi connectivity index (χ0n) is 9.34. The van der Waals surface area contributed by atoms with E-state index in [0.29, 0.717) is 16.1 Å². The molecule has 2 rings (SSSR count). The Labute approximate surface area is 107 Å². The maximum absolute atomic E-state index is 6.14. The highest BCUT2D eigenvalue weighted by Gasteiger charge is 2.17. The largest absolute Gasteiger partial charge is 0.380 e. The van der Waals surface area contributed by atoms with Crippen molar-refractivity contribution in [1.82, 2.24) is 4.90 Å². The maximum Gasteiger partial charge on any atom is 0.0823 e. The molecule has 1 aliphatic rings. The van der Waals surface area contributed by atoms with Crippen LogP contribution in [0, 0.1) is 0 Å². The molecule has 1 fully saturated rings. The Kier molecular flexibility index (Phi) is 3.95. The predicted molar refractivity (Wildman–Crippen MR) is 70.6 cm³/mol. The molecule has 1 N–H and O–H groups in total. The predicted octanol–water partition coefficient (Wildman–Crippen LogP) is 3.50. The Morgan fingerprint density at radius 3 is 2.94 bits per heavy atom. The van der Waals surface area contributed by atoms with Gasteiger partial charge in [-0.05, 0) is 38.6 Å². The van der Waals surface area contributed by atoms with Gasteiger partial charge in [0.05, 0.1) is 15.7 Å². The van der Waals surface area contributed by atoms with Gasteiger partial charge in [-0.3, -0.25) is 0 Å². The first-order valence-corrected chi connectivity index (χ1v) is 6.31. The van der Waals surface area contributed by atoms with E-state index >= 15 is 0 Å². The standard InChI is InChI=1S/C12H16Cl2N2/c1-16-7-3-4-9(8-16)15-11-6-2-5-10(13)12(11)14/h2,5-6,9,15H,3-4,7-8H2,1H3. The topological polar surface area (TPSA) is 15.3 Å². The summed E-state index contributed by atoms with van der Waals surface area (Å²) < 4.78 is 0. The van der Waals surface area contributed by atoms with Crippen LogP contribution in [0.25, 0.3) is 0 Å². The molecule has 1 unspecified atom stereocenters. The molecule has 1 aromatic rings. The van der Waals surface area contributed by atoms with Gasteiger partial charge >= 0.3 is 0 Å². The molecule has 16 heavy (non-hydrogen) atoms. The fourth-order valence-corrected chi connectivity index (χ4v) is 2.47. The van der Waals surface area contributed by atoms with Crippen molar-refractivity contribution in [3.8, 4) is 0 Å². The van der Waals surface area contributed by atoms with Crippen LogP contribution in [0.4, 0.5) is 5.69 Å². The molecule has 1 heterocycles. The second-order valence-electron chi connectivity index (χ2n) is 4.35. The Bertz CT molecular complexity index is 368. The average molecular weight is 259 g/mol. The summed E-state index contributed by atoms with van der Waals surface area (Å²) in [6.45, 7) is 2.24. The van der Waals surface area contributed by atoms with Gasteiger partial charge < -0.3 is 10.2 Å². The molecule has 0 aliphatic carbocycles. The van der Waals surface area contributed by atoms with Crippen molar-refractivity contribution >= 4 is 28.9 Å². The molecule has 1 aromatic carbocycles. The number of benzene rings is 1. The molecule has 1 saturated heterocycles. The van der Waals surface area contributed by atoms with Gasteiger partial charge in [-0.1, -0.05) is 29.3 Å². The number of anilines is 1. The van der Waals surface area contributed by atoms with Gasteiger partial charge in [0.1, 0.15) is 0 Å². The van der Waals surface area contributed by atoms with Gasteiger partial charge in [0.15, 0.2) is 0 Å². The van der Waals surface area contributed by atoms with Crippen LogP contribution in [0.2, 0.25) is 10.0 Å². The summed E-state index contributed by atoms with van der Waals surface area (Å²) >= 11 is 12.1. The van der Waals surface area contributed by atoms with E-state index in [4.69, 9.17) is 23.2 Å². The van der Waals surface area contributed by atoms with Gasteiger partial charge in [0, 0.05) is 12.6 Å². The average Bonchev–Trinajstić information content (AvgIpc) is 2.25. The number of rotatable bonds is 2. The molecule has 1 aliphatic heterocycles. The number of nitrogens with zero attached hydrogens (tertiary/aromatic N) is 1. The Morgan fingerprint density at radius 1 is 1.38 bits per heavy atom. The van der Waals surface area contributed by atoms with Crippen molar-refractivity contribution in [3.63, 3.8) is 0 Å². The number of hydrogen-bond acceptors (Lipinski definition) is 2. The van der Waals surface area contributed by atoms with Crippen molar-refractivity contribution < 1.29 is 0 Å². The Morgan fingerprint density at radius 2 is 2.19 bits per heavy atom. The quantitative estimate of drug-likeness (QED) is 0.874. The first kappa shape index (κ1) is 12.0. The van der Waals surface area contributed by atoms with Gasteiger partial charge in [-0.2, -0.15) is 0 Å². The molecule has 0 aromatic heterocycles. The minimum atomic E-state index is 0.467. The number of nitrogens with one attached hydrogen (secondary N) is 1. The third kappa shape index (κ3) is 2.82. The van der Waals surface area contributed by atoms with Crippen LogP contribution < -0.4 is 5.32 Å². The summed E-state index contributed by atoms with van der Waals surface area (Å²) in [5.41, 5.74) is 0.939. The molecule has 0 saturated carbocycles. The molecule has 88 valence electrons. The highest BCUT2D eigenvalue weighted by molar-refractivity contribution is 6.43. The van der Waals surface area contributed by atoms with Crippen LogP contribution in [0.15, 0.2) is 18.2 Å². The van der Waals surface area contributed by atoms with E-state index in [1.807, 2.05) is 18.2 Å². The van der Waals surface area contributed by atoms with Crippen molar-refractivity contribution in [1.29, 1.82) is 0 Å². The summed E-state index contributed by atoms with van der Waals surface area (Å²) in [4.78, 5) is 2.33.